The van der Waals surface area contributed by atoms with E-state index in [1.807, 2.05) is 0 Å². The van der Waals surface area contributed by atoms with Crippen molar-refractivity contribution in [2.75, 3.05) is 0 Å². The van der Waals surface area contributed by atoms with Crippen LogP contribution in [0.1, 0.15) is 18.1 Å². The zero-order valence-electron chi connectivity index (χ0n) is 9.28. The third kappa shape index (κ3) is 3.77. The zero-order chi connectivity index (χ0) is 13.0. The van der Waals surface area contributed by atoms with Crippen LogP contribution in [-0.2, 0) is 11.2 Å². The minimum Gasteiger partial charge on any atom is -0.480 e. The van der Waals surface area contributed by atoms with Gasteiger partial charge in [0.1, 0.15) is 12.1 Å². The predicted molar refractivity (Wildman–Crippen MR) is 55.0 cm³/mol. The van der Waals surface area contributed by atoms with Gasteiger partial charge in [0.05, 0.1) is 6.10 Å². The van der Waals surface area contributed by atoms with Crippen LogP contribution in [0.15, 0.2) is 4.52 Å². The number of carboxylic acids is 1. The first kappa shape index (κ1) is 13.6. The van der Waals surface area contributed by atoms with Gasteiger partial charge in [-0.25, -0.2) is 0 Å². The quantitative estimate of drug-likeness (QED) is 0.471. The number of aliphatic hydroxyl groups excluding tert-OH is 2. The van der Waals surface area contributed by atoms with Crippen LogP contribution < -0.4 is 5.73 Å². The van der Waals surface area contributed by atoms with Crippen LogP contribution >= 0.6 is 0 Å². The van der Waals surface area contributed by atoms with Crippen molar-refractivity contribution in [2.24, 2.45) is 5.73 Å². The van der Waals surface area contributed by atoms with Crippen LogP contribution in [0.3, 0.4) is 0 Å². The van der Waals surface area contributed by atoms with E-state index in [4.69, 9.17) is 15.4 Å². The maximum Gasteiger partial charge on any atom is 0.323 e. The highest BCUT2D eigenvalue weighted by Crippen LogP contribution is 2.08. The highest BCUT2D eigenvalue weighted by molar-refractivity contribution is 5.73. The molecule has 5 N–H and O–H groups in total. The Balaban J connectivity index is 2.43. The molecular formula is C9H15N3O5. The summed E-state index contributed by atoms with van der Waals surface area (Å²) in [6.07, 6.45) is -2.46. The summed E-state index contributed by atoms with van der Waals surface area (Å²) in [5.41, 5.74) is 5.17. The summed E-state index contributed by atoms with van der Waals surface area (Å²) in [7, 11) is 0. The lowest BCUT2D eigenvalue weighted by atomic mass is 10.0. The average molecular weight is 245 g/mol. The van der Waals surface area contributed by atoms with E-state index in [0.29, 0.717) is 11.7 Å². The Morgan fingerprint density at radius 1 is 1.53 bits per heavy atom. The van der Waals surface area contributed by atoms with E-state index in [9.17, 15) is 15.0 Å². The van der Waals surface area contributed by atoms with Crippen LogP contribution in [0, 0.1) is 6.92 Å². The summed E-state index contributed by atoms with van der Waals surface area (Å²) in [6.45, 7) is 1.65. The largest absolute Gasteiger partial charge is 0.480 e. The van der Waals surface area contributed by atoms with Gasteiger partial charge in [0.25, 0.3) is 0 Å². The molecule has 0 fully saturated rings. The van der Waals surface area contributed by atoms with Crippen molar-refractivity contribution < 1.29 is 24.6 Å². The molecule has 0 aliphatic heterocycles. The van der Waals surface area contributed by atoms with E-state index >= 15 is 0 Å². The van der Waals surface area contributed by atoms with Gasteiger partial charge < -0.3 is 25.6 Å². The van der Waals surface area contributed by atoms with E-state index in [1.54, 1.807) is 6.92 Å². The third-order valence-corrected chi connectivity index (χ3v) is 2.27. The number of aromatic nitrogens is 2. The van der Waals surface area contributed by atoms with E-state index < -0.39 is 24.2 Å². The van der Waals surface area contributed by atoms with Crippen molar-refractivity contribution in [3.63, 3.8) is 0 Å². The first-order chi connectivity index (χ1) is 7.91. The number of nitrogens with zero attached hydrogens (tertiary/aromatic N) is 2. The molecule has 8 heteroatoms. The van der Waals surface area contributed by atoms with Crippen LogP contribution in [0.2, 0.25) is 0 Å². The monoisotopic (exact) mass is 245 g/mol. The first-order valence-corrected chi connectivity index (χ1v) is 5.05. The first-order valence-electron chi connectivity index (χ1n) is 5.05. The van der Waals surface area contributed by atoms with Crippen molar-refractivity contribution in [2.45, 2.75) is 38.0 Å². The molecule has 0 saturated heterocycles. The molecular weight excluding hydrogens is 230 g/mol. The molecule has 3 atom stereocenters. The maximum atomic E-state index is 10.5. The Hall–Kier alpha value is -1.51. The molecule has 96 valence electrons. The molecule has 0 aromatic carbocycles. The van der Waals surface area contributed by atoms with Gasteiger partial charge in [0, 0.05) is 6.42 Å². The maximum absolute atomic E-state index is 10.5. The Morgan fingerprint density at radius 2 is 2.18 bits per heavy atom. The fraction of sp³-hybridized carbons (Fsp3) is 0.667. The fourth-order valence-corrected chi connectivity index (χ4v) is 1.27. The summed E-state index contributed by atoms with van der Waals surface area (Å²) >= 11 is 0. The van der Waals surface area contributed by atoms with Crippen LogP contribution in [-0.4, -0.2) is 49.7 Å². The van der Waals surface area contributed by atoms with Crippen molar-refractivity contribution in [1.29, 1.82) is 0 Å². The molecule has 0 bridgehead atoms. The minimum absolute atomic E-state index is 0.0871. The number of aliphatic carboxylic acids is 1. The van der Waals surface area contributed by atoms with Crippen LogP contribution in [0.4, 0.5) is 0 Å². The van der Waals surface area contributed by atoms with Gasteiger partial charge in [-0.1, -0.05) is 5.16 Å². The number of nitrogens with two attached hydrogens (primary N) is 1. The summed E-state index contributed by atoms with van der Waals surface area (Å²) in [5.74, 6) is -0.583. The van der Waals surface area contributed by atoms with Crippen LogP contribution in [0.5, 0.6) is 0 Å². The van der Waals surface area contributed by atoms with Gasteiger partial charge in [-0.15, -0.1) is 0 Å². The topological polar surface area (TPSA) is 143 Å². The second-order valence-corrected chi connectivity index (χ2v) is 3.70. The van der Waals surface area contributed by atoms with E-state index in [-0.39, 0.29) is 12.8 Å². The van der Waals surface area contributed by atoms with Gasteiger partial charge in [0.15, 0.2) is 5.82 Å². The number of rotatable bonds is 6. The van der Waals surface area contributed by atoms with Gasteiger partial charge in [0.2, 0.25) is 5.89 Å². The van der Waals surface area contributed by atoms with E-state index in [0.717, 1.165) is 0 Å². The molecule has 17 heavy (non-hydrogen) atoms. The minimum atomic E-state index is -1.53. The molecule has 0 saturated carbocycles. The van der Waals surface area contributed by atoms with Gasteiger partial charge >= 0.3 is 5.97 Å². The summed E-state index contributed by atoms with van der Waals surface area (Å²) in [4.78, 5) is 14.4. The molecule has 3 unspecified atom stereocenters. The number of aliphatic hydroxyl groups is 2. The highest BCUT2D eigenvalue weighted by Gasteiger charge is 2.28. The van der Waals surface area contributed by atoms with Gasteiger partial charge in [-0.05, 0) is 13.3 Å². The molecule has 0 amide bonds. The summed E-state index contributed by atoms with van der Waals surface area (Å²) < 4.78 is 4.80. The van der Waals surface area contributed by atoms with Gasteiger partial charge in [-0.2, -0.15) is 4.98 Å². The number of carbonyl (C=O) groups is 1. The number of carboxylic acid groups (broad SMARTS) is 1. The molecule has 1 rings (SSSR count). The SMILES string of the molecule is Cc1noc(CCC(O)C(O)C(N)C(=O)O)n1. The molecule has 1 heterocycles. The second kappa shape index (κ2) is 5.71. The number of hydrogen-bond donors (Lipinski definition) is 4. The van der Waals surface area contributed by atoms with Crippen molar-refractivity contribution in [3.05, 3.63) is 11.7 Å². The lowest BCUT2D eigenvalue weighted by molar-refractivity contribution is -0.143. The molecule has 0 radical (unpaired) electrons. The standard InChI is InChI=1S/C9H15N3O5/c1-4-11-6(17-12-4)3-2-5(13)8(14)7(10)9(15)16/h5,7-8,13-14H,2-3,10H2,1H3,(H,15,16). The lowest BCUT2D eigenvalue weighted by Crippen LogP contribution is -2.48. The molecule has 0 aliphatic carbocycles. The Morgan fingerprint density at radius 3 is 2.65 bits per heavy atom. The van der Waals surface area contributed by atoms with Crippen molar-refractivity contribution >= 4 is 5.97 Å². The van der Waals surface area contributed by atoms with E-state index in [2.05, 4.69) is 10.1 Å². The third-order valence-electron chi connectivity index (χ3n) is 2.27. The Kier molecular flexibility index (Phi) is 4.55. The molecule has 0 spiro atoms. The molecule has 0 aliphatic rings. The highest BCUT2D eigenvalue weighted by atomic mass is 16.5. The molecule has 8 nitrogen and oxygen atoms in total. The predicted octanol–water partition coefficient (Wildman–Crippen LogP) is -1.56. The number of hydrogen-bond acceptors (Lipinski definition) is 7. The van der Waals surface area contributed by atoms with Crippen LogP contribution in [0.25, 0.3) is 0 Å². The number of aryl methyl sites for hydroxylation is 2. The molecule has 1 aromatic heterocycles. The second-order valence-electron chi connectivity index (χ2n) is 3.70. The van der Waals surface area contributed by atoms with E-state index in [1.165, 1.54) is 0 Å². The lowest BCUT2D eigenvalue weighted by Gasteiger charge is -2.20. The fourth-order valence-electron chi connectivity index (χ4n) is 1.27. The average Bonchev–Trinajstić information content (AvgIpc) is 2.69. The van der Waals surface area contributed by atoms with Crippen molar-refractivity contribution in [1.82, 2.24) is 10.1 Å². The smallest absolute Gasteiger partial charge is 0.323 e. The Bertz CT molecular complexity index is 380. The zero-order valence-corrected chi connectivity index (χ0v) is 9.28. The van der Waals surface area contributed by atoms with Crippen molar-refractivity contribution in [3.8, 4) is 0 Å². The summed E-state index contributed by atoms with van der Waals surface area (Å²) in [6, 6.07) is -1.52. The normalized spacial score (nSPS) is 16.5. The summed E-state index contributed by atoms with van der Waals surface area (Å²) in [5, 5.41) is 31.0. The molecule has 1 aromatic rings. The Labute approximate surface area is 97.1 Å². The van der Waals surface area contributed by atoms with Gasteiger partial charge in [-0.3, -0.25) is 4.79 Å².